The molecule has 0 bridgehead atoms. The number of hydrogen-bond acceptors (Lipinski definition) is 5. The number of nitrogens with one attached hydrogen (secondary N) is 2. The van der Waals surface area contributed by atoms with Gasteiger partial charge in [-0.05, 0) is 25.0 Å². The summed E-state index contributed by atoms with van der Waals surface area (Å²) in [5.74, 6) is -0.140. The summed E-state index contributed by atoms with van der Waals surface area (Å²) in [6.07, 6.45) is 0.453. The van der Waals surface area contributed by atoms with Gasteiger partial charge < -0.3 is 10.1 Å². The monoisotopic (exact) mass is 333 g/mol. The maximum atomic E-state index is 12.1. The molecule has 0 saturated heterocycles. The van der Waals surface area contributed by atoms with E-state index < -0.39 is 6.09 Å². The Kier molecular flexibility index (Phi) is 6.10. The normalized spacial score (nSPS) is 10.2. The molecule has 0 aliphatic carbocycles. The summed E-state index contributed by atoms with van der Waals surface area (Å²) in [7, 11) is 0. The minimum atomic E-state index is -0.547. The van der Waals surface area contributed by atoms with Crippen LogP contribution in [-0.4, -0.2) is 23.6 Å². The standard InChI is InChI=1S/C16H19N3O3S/c1-3-11-7-5-6-8-13(11)18-14(20)9-12-10-23-15(17-12)19-16(21)22-4-2/h5-8,10H,3-4,9H2,1-2H3,(H,18,20)(H,17,19,21). The van der Waals surface area contributed by atoms with E-state index in [1.54, 1.807) is 12.3 Å². The smallest absolute Gasteiger partial charge is 0.413 e. The van der Waals surface area contributed by atoms with Crippen LogP contribution in [0.1, 0.15) is 25.1 Å². The molecule has 6 nitrogen and oxygen atoms in total. The van der Waals surface area contributed by atoms with Crippen molar-refractivity contribution in [2.75, 3.05) is 17.2 Å². The Morgan fingerprint density at radius 2 is 2.00 bits per heavy atom. The topological polar surface area (TPSA) is 80.3 Å². The predicted octanol–water partition coefficient (Wildman–Crippen LogP) is 3.46. The number of anilines is 2. The van der Waals surface area contributed by atoms with Crippen molar-refractivity contribution in [3.63, 3.8) is 0 Å². The van der Waals surface area contributed by atoms with Gasteiger partial charge in [-0.3, -0.25) is 10.1 Å². The molecule has 2 aromatic rings. The number of carbonyl (C=O) groups is 2. The van der Waals surface area contributed by atoms with Gasteiger partial charge in [0, 0.05) is 11.1 Å². The van der Waals surface area contributed by atoms with Gasteiger partial charge in [0.05, 0.1) is 18.7 Å². The SMILES string of the molecule is CCOC(=O)Nc1nc(CC(=O)Nc2ccccc2CC)cs1. The average molecular weight is 333 g/mol. The van der Waals surface area contributed by atoms with Gasteiger partial charge in [-0.2, -0.15) is 0 Å². The second-order valence-electron chi connectivity index (χ2n) is 4.73. The molecule has 1 heterocycles. The van der Waals surface area contributed by atoms with E-state index in [4.69, 9.17) is 4.74 Å². The van der Waals surface area contributed by atoms with E-state index in [1.807, 2.05) is 31.2 Å². The zero-order valence-corrected chi connectivity index (χ0v) is 13.9. The molecule has 0 aliphatic rings. The number of para-hydroxylation sites is 1. The fourth-order valence-corrected chi connectivity index (χ4v) is 2.71. The highest BCUT2D eigenvalue weighted by atomic mass is 32.1. The number of aryl methyl sites for hydroxylation is 1. The molecule has 0 unspecified atom stereocenters. The van der Waals surface area contributed by atoms with Crippen molar-refractivity contribution in [3.8, 4) is 0 Å². The van der Waals surface area contributed by atoms with Crippen LogP contribution in [0.5, 0.6) is 0 Å². The summed E-state index contributed by atoms with van der Waals surface area (Å²) in [4.78, 5) is 27.6. The van der Waals surface area contributed by atoms with E-state index in [-0.39, 0.29) is 12.3 Å². The number of aromatic nitrogens is 1. The second kappa shape index (κ2) is 8.28. The lowest BCUT2D eigenvalue weighted by molar-refractivity contribution is -0.115. The Labute approximate surface area is 138 Å². The second-order valence-corrected chi connectivity index (χ2v) is 5.58. The first-order valence-corrected chi connectivity index (χ1v) is 8.26. The van der Waals surface area contributed by atoms with E-state index >= 15 is 0 Å². The summed E-state index contributed by atoms with van der Waals surface area (Å²) < 4.78 is 4.78. The molecule has 122 valence electrons. The van der Waals surface area contributed by atoms with Gasteiger partial charge in [0.15, 0.2) is 5.13 Å². The molecule has 1 aromatic heterocycles. The molecule has 0 spiro atoms. The highest BCUT2D eigenvalue weighted by Gasteiger charge is 2.11. The molecule has 1 aromatic carbocycles. The van der Waals surface area contributed by atoms with E-state index in [0.717, 1.165) is 17.7 Å². The molecule has 2 rings (SSSR count). The first-order chi connectivity index (χ1) is 11.1. The third kappa shape index (κ3) is 5.07. The van der Waals surface area contributed by atoms with Gasteiger partial charge in [0.25, 0.3) is 0 Å². The van der Waals surface area contributed by atoms with Gasteiger partial charge >= 0.3 is 6.09 Å². The van der Waals surface area contributed by atoms with Gasteiger partial charge in [0.2, 0.25) is 5.91 Å². The molecule has 2 amide bonds. The van der Waals surface area contributed by atoms with Crippen LogP contribution in [0.15, 0.2) is 29.6 Å². The van der Waals surface area contributed by atoms with Crippen LogP contribution in [0.3, 0.4) is 0 Å². The zero-order valence-electron chi connectivity index (χ0n) is 13.1. The molecular weight excluding hydrogens is 314 g/mol. The van der Waals surface area contributed by atoms with Crippen LogP contribution in [0, 0.1) is 0 Å². The molecule has 0 atom stereocenters. The van der Waals surface area contributed by atoms with Crippen molar-refractivity contribution in [1.82, 2.24) is 4.98 Å². The summed E-state index contributed by atoms with van der Waals surface area (Å²) in [5, 5.41) is 7.57. The number of amides is 2. The van der Waals surface area contributed by atoms with Crippen LogP contribution in [0.25, 0.3) is 0 Å². The Balaban J connectivity index is 1.93. The van der Waals surface area contributed by atoms with Gasteiger partial charge in [-0.1, -0.05) is 25.1 Å². The van der Waals surface area contributed by atoms with Crippen molar-refractivity contribution in [2.24, 2.45) is 0 Å². The maximum Gasteiger partial charge on any atom is 0.413 e. The lowest BCUT2D eigenvalue weighted by Gasteiger charge is -2.08. The molecule has 2 N–H and O–H groups in total. The maximum absolute atomic E-state index is 12.1. The number of nitrogens with zero attached hydrogens (tertiary/aromatic N) is 1. The summed E-state index contributed by atoms with van der Waals surface area (Å²) in [5.41, 5.74) is 2.51. The average Bonchev–Trinajstić information content (AvgIpc) is 2.94. The van der Waals surface area contributed by atoms with E-state index in [0.29, 0.717) is 17.4 Å². The van der Waals surface area contributed by atoms with Crippen molar-refractivity contribution in [1.29, 1.82) is 0 Å². The molecule has 0 fully saturated rings. The highest BCUT2D eigenvalue weighted by molar-refractivity contribution is 7.13. The number of thiazole rings is 1. The minimum Gasteiger partial charge on any atom is -0.450 e. The molecule has 0 saturated carbocycles. The lowest BCUT2D eigenvalue weighted by Crippen LogP contribution is -2.16. The number of benzene rings is 1. The number of rotatable bonds is 6. The highest BCUT2D eigenvalue weighted by Crippen LogP contribution is 2.18. The van der Waals surface area contributed by atoms with Crippen molar-refractivity contribution >= 4 is 34.2 Å². The minimum absolute atomic E-state index is 0.140. The number of carbonyl (C=O) groups excluding carboxylic acids is 2. The number of hydrogen-bond donors (Lipinski definition) is 2. The third-order valence-electron chi connectivity index (χ3n) is 3.05. The molecular formula is C16H19N3O3S. The van der Waals surface area contributed by atoms with Gasteiger partial charge in [-0.25, -0.2) is 9.78 Å². The number of ether oxygens (including phenoxy) is 1. The lowest BCUT2D eigenvalue weighted by atomic mass is 10.1. The molecule has 23 heavy (non-hydrogen) atoms. The van der Waals surface area contributed by atoms with E-state index in [2.05, 4.69) is 15.6 Å². The fourth-order valence-electron chi connectivity index (χ4n) is 2.01. The predicted molar refractivity (Wildman–Crippen MR) is 90.9 cm³/mol. The third-order valence-corrected chi connectivity index (χ3v) is 3.86. The van der Waals surface area contributed by atoms with Crippen molar-refractivity contribution < 1.29 is 14.3 Å². The molecule has 0 aliphatic heterocycles. The largest absolute Gasteiger partial charge is 0.450 e. The van der Waals surface area contributed by atoms with Crippen molar-refractivity contribution in [2.45, 2.75) is 26.7 Å². The molecule has 0 radical (unpaired) electrons. The summed E-state index contributed by atoms with van der Waals surface area (Å²) >= 11 is 1.26. The van der Waals surface area contributed by atoms with Gasteiger partial charge in [0.1, 0.15) is 0 Å². The molecule has 7 heteroatoms. The first-order valence-electron chi connectivity index (χ1n) is 7.38. The van der Waals surface area contributed by atoms with Crippen LogP contribution < -0.4 is 10.6 Å². The Morgan fingerprint density at radius 1 is 1.22 bits per heavy atom. The Hall–Kier alpha value is -2.41. The quantitative estimate of drug-likeness (QED) is 0.848. The van der Waals surface area contributed by atoms with E-state index in [9.17, 15) is 9.59 Å². The Bertz CT molecular complexity index is 685. The Morgan fingerprint density at radius 3 is 2.74 bits per heavy atom. The van der Waals surface area contributed by atoms with Gasteiger partial charge in [-0.15, -0.1) is 11.3 Å². The van der Waals surface area contributed by atoms with Crippen LogP contribution >= 0.6 is 11.3 Å². The van der Waals surface area contributed by atoms with Crippen LogP contribution in [-0.2, 0) is 22.4 Å². The van der Waals surface area contributed by atoms with Crippen LogP contribution in [0.2, 0.25) is 0 Å². The van der Waals surface area contributed by atoms with Crippen LogP contribution in [0.4, 0.5) is 15.6 Å². The fraction of sp³-hybridized carbons (Fsp3) is 0.312. The summed E-state index contributed by atoms with van der Waals surface area (Å²) in [6, 6.07) is 7.70. The summed E-state index contributed by atoms with van der Waals surface area (Å²) in [6.45, 7) is 4.06. The first kappa shape index (κ1) is 17.0. The van der Waals surface area contributed by atoms with Crippen molar-refractivity contribution in [3.05, 3.63) is 40.9 Å². The zero-order chi connectivity index (χ0) is 16.7. The van der Waals surface area contributed by atoms with E-state index in [1.165, 1.54) is 11.3 Å².